The summed E-state index contributed by atoms with van der Waals surface area (Å²) in [6.45, 7) is 1.79. The molecule has 2 aromatic carbocycles. The zero-order chi connectivity index (χ0) is 18.2. The number of halogens is 2. The topological polar surface area (TPSA) is 58.6 Å². The predicted octanol–water partition coefficient (Wildman–Crippen LogP) is 3.03. The first-order chi connectivity index (χ1) is 12.0. The number of hydrogen-bond donors (Lipinski definition) is 1. The predicted molar refractivity (Wildman–Crippen MR) is 94.4 cm³/mol. The Balaban J connectivity index is 1.79. The molecule has 1 N–H and O–H groups in total. The highest BCUT2D eigenvalue weighted by molar-refractivity contribution is 6.30. The SMILES string of the molecule is CC(=O)N(CCNC(=O)COc1ccc(Cl)cc1)c1ccc(F)cc1. The van der Waals surface area contributed by atoms with Crippen LogP contribution in [0.4, 0.5) is 10.1 Å². The monoisotopic (exact) mass is 364 g/mol. The van der Waals surface area contributed by atoms with E-state index in [2.05, 4.69) is 5.32 Å². The molecule has 0 radical (unpaired) electrons. The highest BCUT2D eigenvalue weighted by atomic mass is 35.5. The van der Waals surface area contributed by atoms with E-state index < -0.39 is 0 Å². The van der Waals surface area contributed by atoms with Crippen molar-refractivity contribution in [2.75, 3.05) is 24.6 Å². The lowest BCUT2D eigenvalue weighted by atomic mass is 10.2. The molecule has 2 amide bonds. The van der Waals surface area contributed by atoms with E-state index in [1.165, 1.54) is 36.1 Å². The average Bonchev–Trinajstić information content (AvgIpc) is 2.59. The maximum Gasteiger partial charge on any atom is 0.258 e. The lowest BCUT2D eigenvalue weighted by Crippen LogP contribution is -2.39. The van der Waals surface area contributed by atoms with E-state index in [1.54, 1.807) is 24.3 Å². The molecule has 0 heterocycles. The van der Waals surface area contributed by atoms with Crippen molar-refractivity contribution >= 4 is 29.1 Å². The summed E-state index contributed by atoms with van der Waals surface area (Å²) in [5.41, 5.74) is 0.570. The lowest BCUT2D eigenvalue weighted by Gasteiger charge is -2.21. The smallest absolute Gasteiger partial charge is 0.258 e. The molecule has 2 aromatic rings. The zero-order valence-corrected chi connectivity index (χ0v) is 14.4. The van der Waals surface area contributed by atoms with Gasteiger partial charge in [-0.3, -0.25) is 9.59 Å². The minimum Gasteiger partial charge on any atom is -0.484 e. The number of benzene rings is 2. The van der Waals surface area contributed by atoms with Crippen molar-refractivity contribution in [2.45, 2.75) is 6.92 Å². The van der Waals surface area contributed by atoms with Crippen molar-refractivity contribution in [3.8, 4) is 5.75 Å². The molecular weight excluding hydrogens is 347 g/mol. The molecule has 0 aliphatic rings. The van der Waals surface area contributed by atoms with Gasteiger partial charge in [0.2, 0.25) is 5.91 Å². The van der Waals surface area contributed by atoms with E-state index >= 15 is 0 Å². The van der Waals surface area contributed by atoms with Crippen LogP contribution in [0.25, 0.3) is 0 Å². The average molecular weight is 365 g/mol. The quantitative estimate of drug-likeness (QED) is 0.821. The second-order valence-electron chi connectivity index (χ2n) is 5.24. The van der Waals surface area contributed by atoms with E-state index in [4.69, 9.17) is 16.3 Å². The molecule has 7 heteroatoms. The van der Waals surface area contributed by atoms with Crippen LogP contribution in [0.5, 0.6) is 5.75 Å². The normalized spacial score (nSPS) is 10.2. The summed E-state index contributed by atoms with van der Waals surface area (Å²) in [6, 6.07) is 12.3. The van der Waals surface area contributed by atoms with Gasteiger partial charge in [0.15, 0.2) is 6.61 Å². The van der Waals surface area contributed by atoms with E-state index in [0.29, 0.717) is 16.5 Å². The van der Waals surface area contributed by atoms with Gasteiger partial charge in [-0.2, -0.15) is 0 Å². The fourth-order valence-electron chi connectivity index (χ4n) is 2.13. The molecular formula is C18H18ClFN2O3. The number of rotatable bonds is 7. The van der Waals surface area contributed by atoms with Gasteiger partial charge in [0, 0.05) is 30.7 Å². The Bertz CT molecular complexity index is 720. The van der Waals surface area contributed by atoms with E-state index in [1.807, 2.05) is 0 Å². The Hall–Kier alpha value is -2.60. The van der Waals surface area contributed by atoms with Crippen LogP contribution >= 0.6 is 11.6 Å². The highest BCUT2D eigenvalue weighted by Gasteiger charge is 2.12. The molecule has 0 unspecified atom stereocenters. The zero-order valence-electron chi connectivity index (χ0n) is 13.7. The van der Waals surface area contributed by atoms with Gasteiger partial charge >= 0.3 is 0 Å². The number of hydrogen-bond acceptors (Lipinski definition) is 3. The molecule has 5 nitrogen and oxygen atoms in total. The maximum atomic E-state index is 13.0. The van der Waals surface area contributed by atoms with E-state index in [9.17, 15) is 14.0 Å². The molecule has 2 rings (SSSR count). The molecule has 0 saturated carbocycles. The Labute approximate surface area is 150 Å². The van der Waals surface area contributed by atoms with Gasteiger partial charge in [0.1, 0.15) is 11.6 Å². The molecule has 0 aromatic heterocycles. The summed E-state index contributed by atoms with van der Waals surface area (Å²) in [4.78, 5) is 25.0. The van der Waals surface area contributed by atoms with Gasteiger partial charge in [-0.15, -0.1) is 0 Å². The molecule has 0 aliphatic carbocycles. The second-order valence-corrected chi connectivity index (χ2v) is 5.68. The maximum absolute atomic E-state index is 13.0. The molecule has 0 saturated heterocycles. The Morgan fingerprint density at radius 3 is 2.36 bits per heavy atom. The molecule has 0 aliphatic heterocycles. The fourth-order valence-corrected chi connectivity index (χ4v) is 2.25. The molecule has 0 bridgehead atoms. The van der Waals surface area contributed by atoms with Crippen LogP contribution in [-0.4, -0.2) is 31.5 Å². The van der Waals surface area contributed by atoms with Gasteiger partial charge in [-0.25, -0.2) is 4.39 Å². The standard InChI is InChI=1S/C18H18ClFN2O3/c1-13(23)22(16-6-4-15(20)5-7-16)11-10-21-18(24)12-25-17-8-2-14(19)3-9-17/h2-9H,10-12H2,1H3,(H,21,24). The number of nitrogens with one attached hydrogen (secondary N) is 1. The van der Waals surface area contributed by atoms with Gasteiger partial charge < -0.3 is 15.0 Å². The van der Waals surface area contributed by atoms with Crippen molar-refractivity contribution in [1.29, 1.82) is 0 Å². The Morgan fingerprint density at radius 1 is 1.12 bits per heavy atom. The minimum atomic E-state index is -0.375. The minimum absolute atomic E-state index is 0.141. The number of anilines is 1. The van der Waals surface area contributed by atoms with Crippen LogP contribution in [0.3, 0.4) is 0 Å². The number of carbonyl (C=O) groups excluding carboxylic acids is 2. The largest absolute Gasteiger partial charge is 0.484 e. The summed E-state index contributed by atoms with van der Waals surface area (Å²) in [5, 5.41) is 3.26. The van der Waals surface area contributed by atoms with Crippen LogP contribution in [0.2, 0.25) is 5.02 Å². The van der Waals surface area contributed by atoms with Gasteiger partial charge in [-0.1, -0.05) is 11.6 Å². The fraction of sp³-hybridized carbons (Fsp3) is 0.222. The first-order valence-corrected chi connectivity index (χ1v) is 8.02. The van der Waals surface area contributed by atoms with Crippen LogP contribution < -0.4 is 15.0 Å². The molecule has 0 fully saturated rings. The van der Waals surface area contributed by atoms with Crippen LogP contribution in [-0.2, 0) is 9.59 Å². The van der Waals surface area contributed by atoms with Crippen LogP contribution in [0, 0.1) is 5.82 Å². The van der Waals surface area contributed by atoms with Gasteiger partial charge in [0.25, 0.3) is 5.91 Å². The summed E-state index contributed by atoms with van der Waals surface area (Å²) >= 11 is 5.77. The summed E-state index contributed by atoms with van der Waals surface area (Å²) in [7, 11) is 0. The molecule has 0 atom stereocenters. The summed E-state index contributed by atoms with van der Waals surface area (Å²) in [5.74, 6) is -0.341. The lowest BCUT2D eigenvalue weighted by molar-refractivity contribution is -0.123. The molecule has 0 spiro atoms. The summed E-state index contributed by atoms with van der Waals surface area (Å²) < 4.78 is 18.3. The number of nitrogens with zero attached hydrogens (tertiary/aromatic N) is 1. The van der Waals surface area contributed by atoms with Crippen molar-refractivity contribution in [2.24, 2.45) is 0 Å². The first-order valence-electron chi connectivity index (χ1n) is 7.64. The van der Waals surface area contributed by atoms with Gasteiger partial charge in [0.05, 0.1) is 0 Å². The number of carbonyl (C=O) groups is 2. The molecule has 132 valence electrons. The highest BCUT2D eigenvalue weighted by Crippen LogP contribution is 2.16. The Kier molecular flexibility index (Phi) is 6.77. The van der Waals surface area contributed by atoms with Crippen molar-refractivity contribution < 1.29 is 18.7 Å². The third-order valence-electron chi connectivity index (χ3n) is 3.36. The van der Waals surface area contributed by atoms with Crippen LogP contribution in [0.1, 0.15) is 6.92 Å². The van der Waals surface area contributed by atoms with Crippen molar-refractivity contribution in [3.63, 3.8) is 0 Å². The number of ether oxygens (including phenoxy) is 1. The number of amides is 2. The van der Waals surface area contributed by atoms with Crippen molar-refractivity contribution in [3.05, 3.63) is 59.4 Å². The van der Waals surface area contributed by atoms with Crippen LogP contribution in [0.15, 0.2) is 48.5 Å². The Morgan fingerprint density at radius 2 is 1.76 bits per heavy atom. The van der Waals surface area contributed by atoms with Gasteiger partial charge in [-0.05, 0) is 48.5 Å². The third-order valence-corrected chi connectivity index (χ3v) is 3.61. The van der Waals surface area contributed by atoms with E-state index in [0.717, 1.165) is 0 Å². The summed E-state index contributed by atoms with van der Waals surface area (Å²) in [6.07, 6.45) is 0. The molecule has 25 heavy (non-hydrogen) atoms. The second kappa shape index (κ2) is 9.03. The van der Waals surface area contributed by atoms with E-state index in [-0.39, 0.29) is 37.3 Å². The van der Waals surface area contributed by atoms with Crippen molar-refractivity contribution in [1.82, 2.24) is 5.32 Å². The first kappa shape index (κ1) is 18.7. The third kappa shape index (κ3) is 6.08.